The summed E-state index contributed by atoms with van der Waals surface area (Å²) in [5.41, 5.74) is 1.86. The zero-order chi connectivity index (χ0) is 25.6. The van der Waals surface area contributed by atoms with Gasteiger partial charge in [0.25, 0.3) is 0 Å². The number of benzene rings is 1. The molecule has 4 fully saturated rings. The fraction of sp³-hybridized carbons (Fsp3) is 0.690. The Labute approximate surface area is 226 Å². The number of hydrogen-bond acceptors (Lipinski definition) is 6. The van der Waals surface area contributed by atoms with Gasteiger partial charge in [-0.2, -0.15) is 10.4 Å². The van der Waals surface area contributed by atoms with Gasteiger partial charge in [-0.25, -0.2) is 0 Å². The van der Waals surface area contributed by atoms with Crippen LogP contribution in [0.2, 0.25) is 5.02 Å². The highest BCUT2D eigenvalue weighted by atomic mass is 35.5. The monoisotopic (exact) mass is 522 g/mol. The standard InChI is InChI=1S/C29H39ClN6O/c1-33-12-14-35(15-13-33)28(37)23-18-29(19-23)8-10-34(11-9-29)27-17-26(21-4-2-3-5-21)36(32-27)24-7-6-22(20-31)25(30)16-24/h6-7,16,21,23,26H,2-5,8-15,17-19H2,1H3/t26-/m1/s1. The molecule has 0 N–H and O–H groups in total. The molecule has 37 heavy (non-hydrogen) atoms. The van der Waals surface area contributed by atoms with E-state index in [1.54, 1.807) is 0 Å². The van der Waals surface area contributed by atoms with Crippen molar-refractivity contribution in [3.63, 3.8) is 0 Å². The molecule has 3 heterocycles. The maximum absolute atomic E-state index is 13.0. The van der Waals surface area contributed by atoms with Crippen LogP contribution in [0.5, 0.6) is 0 Å². The van der Waals surface area contributed by atoms with Crippen LogP contribution in [0.15, 0.2) is 23.3 Å². The second-order valence-corrected chi connectivity index (χ2v) is 12.6. The third-order valence-corrected chi connectivity index (χ3v) is 10.2. The van der Waals surface area contributed by atoms with Gasteiger partial charge in [0.05, 0.1) is 22.3 Å². The van der Waals surface area contributed by atoms with Crippen LogP contribution in [0.25, 0.3) is 0 Å². The molecule has 5 aliphatic rings. The number of nitrogens with zero attached hydrogens (tertiary/aromatic N) is 6. The summed E-state index contributed by atoms with van der Waals surface area (Å²) in [6, 6.07) is 8.26. The van der Waals surface area contributed by atoms with Crippen LogP contribution in [0.4, 0.5) is 5.69 Å². The summed E-state index contributed by atoms with van der Waals surface area (Å²) < 4.78 is 0. The maximum Gasteiger partial charge on any atom is 0.225 e. The van der Waals surface area contributed by atoms with Gasteiger partial charge in [-0.3, -0.25) is 9.80 Å². The lowest BCUT2D eigenvalue weighted by Crippen LogP contribution is -2.55. The molecule has 1 aromatic rings. The van der Waals surface area contributed by atoms with Crippen molar-refractivity contribution in [1.82, 2.24) is 14.7 Å². The lowest BCUT2D eigenvalue weighted by atomic mass is 9.57. The molecular formula is C29H39ClN6O. The van der Waals surface area contributed by atoms with Crippen molar-refractivity contribution in [3.8, 4) is 6.07 Å². The summed E-state index contributed by atoms with van der Waals surface area (Å²) in [6.45, 7) is 5.83. The molecular weight excluding hydrogens is 484 g/mol. The van der Waals surface area contributed by atoms with E-state index in [9.17, 15) is 10.1 Å². The Kier molecular flexibility index (Phi) is 6.83. The van der Waals surface area contributed by atoms with E-state index in [0.29, 0.717) is 33.9 Å². The third kappa shape index (κ3) is 4.83. The van der Waals surface area contributed by atoms with Gasteiger partial charge in [-0.05, 0) is 75.1 Å². The van der Waals surface area contributed by atoms with E-state index in [2.05, 4.69) is 32.8 Å². The molecule has 198 valence electrons. The van der Waals surface area contributed by atoms with Gasteiger partial charge in [0, 0.05) is 51.6 Å². The fourth-order valence-electron chi connectivity index (χ4n) is 7.49. The van der Waals surface area contributed by atoms with E-state index in [1.807, 2.05) is 18.2 Å². The van der Waals surface area contributed by atoms with E-state index < -0.39 is 0 Å². The Morgan fingerprint density at radius 2 is 1.78 bits per heavy atom. The van der Waals surface area contributed by atoms with Crippen LogP contribution in [0.3, 0.4) is 0 Å². The number of anilines is 1. The van der Waals surface area contributed by atoms with Gasteiger partial charge in [-0.15, -0.1) is 0 Å². The number of likely N-dealkylation sites (N-methyl/N-ethyl adjacent to an activating group) is 1. The first kappa shape index (κ1) is 25.0. The average molecular weight is 523 g/mol. The number of halogens is 1. The molecule has 6 rings (SSSR count). The Balaban J connectivity index is 1.09. The Hall–Kier alpha value is -2.30. The highest BCUT2D eigenvalue weighted by molar-refractivity contribution is 6.32. The van der Waals surface area contributed by atoms with Gasteiger partial charge in [0.2, 0.25) is 5.91 Å². The lowest BCUT2D eigenvalue weighted by Gasteiger charge is -2.53. The maximum atomic E-state index is 13.0. The molecule has 0 radical (unpaired) electrons. The number of carbonyl (C=O) groups is 1. The highest BCUT2D eigenvalue weighted by Gasteiger charge is 2.50. The number of likely N-dealkylation sites (tertiary alicyclic amines) is 1. The lowest BCUT2D eigenvalue weighted by molar-refractivity contribution is -0.147. The molecule has 7 nitrogen and oxygen atoms in total. The van der Waals surface area contributed by atoms with E-state index >= 15 is 0 Å². The van der Waals surface area contributed by atoms with Gasteiger partial charge < -0.3 is 14.7 Å². The van der Waals surface area contributed by atoms with Crippen molar-refractivity contribution in [2.24, 2.45) is 22.4 Å². The predicted octanol–water partition coefficient (Wildman–Crippen LogP) is 4.56. The number of carbonyl (C=O) groups excluding carboxylic acids is 1. The Morgan fingerprint density at radius 3 is 2.43 bits per heavy atom. The molecule has 8 heteroatoms. The van der Waals surface area contributed by atoms with Crippen LogP contribution in [-0.4, -0.2) is 78.8 Å². The normalized spacial score (nSPS) is 26.9. The molecule has 1 amide bonds. The van der Waals surface area contributed by atoms with Crippen molar-refractivity contribution >= 4 is 29.0 Å². The van der Waals surface area contributed by atoms with Gasteiger partial charge >= 0.3 is 0 Å². The smallest absolute Gasteiger partial charge is 0.225 e. The quantitative estimate of drug-likeness (QED) is 0.582. The summed E-state index contributed by atoms with van der Waals surface area (Å²) >= 11 is 6.41. The number of piperidine rings is 1. The molecule has 2 saturated heterocycles. The summed E-state index contributed by atoms with van der Waals surface area (Å²) in [4.78, 5) is 19.9. The van der Waals surface area contributed by atoms with E-state index in [0.717, 1.165) is 77.1 Å². The summed E-state index contributed by atoms with van der Waals surface area (Å²) in [6.07, 6.45) is 10.6. The van der Waals surface area contributed by atoms with Crippen LogP contribution in [0.1, 0.15) is 63.4 Å². The van der Waals surface area contributed by atoms with Crippen LogP contribution in [-0.2, 0) is 4.79 Å². The minimum Gasteiger partial charge on any atom is -0.359 e. The fourth-order valence-corrected chi connectivity index (χ4v) is 7.71. The topological polar surface area (TPSA) is 66.2 Å². The third-order valence-electron chi connectivity index (χ3n) is 9.92. The number of amidine groups is 1. The van der Waals surface area contributed by atoms with Crippen LogP contribution in [0, 0.1) is 28.6 Å². The van der Waals surface area contributed by atoms with Gasteiger partial charge in [0.1, 0.15) is 11.9 Å². The van der Waals surface area contributed by atoms with Gasteiger partial charge in [0.15, 0.2) is 0 Å². The van der Waals surface area contributed by atoms with E-state index in [1.165, 1.54) is 31.5 Å². The molecule has 1 atom stereocenters. The summed E-state index contributed by atoms with van der Waals surface area (Å²) in [5, 5.41) is 17.2. The molecule has 2 aliphatic carbocycles. The zero-order valence-corrected chi connectivity index (χ0v) is 22.8. The van der Waals surface area contributed by atoms with Crippen molar-refractivity contribution in [2.75, 3.05) is 51.3 Å². The number of amides is 1. The number of hydrogen-bond donors (Lipinski definition) is 0. The Bertz CT molecular complexity index is 1080. The Morgan fingerprint density at radius 1 is 1.08 bits per heavy atom. The number of rotatable bonds is 3. The number of hydrazone groups is 1. The number of piperazine rings is 1. The summed E-state index contributed by atoms with van der Waals surface area (Å²) in [7, 11) is 2.14. The van der Waals surface area contributed by atoms with E-state index in [-0.39, 0.29) is 5.92 Å². The molecule has 0 unspecified atom stereocenters. The van der Waals surface area contributed by atoms with Crippen molar-refractivity contribution in [3.05, 3.63) is 28.8 Å². The first-order chi connectivity index (χ1) is 17.9. The minimum atomic E-state index is 0.238. The molecule has 1 spiro atoms. The largest absolute Gasteiger partial charge is 0.359 e. The predicted molar refractivity (Wildman–Crippen MR) is 146 cm³/mol. The molecule has 2 saturated carbocycles. The molecule has 3 aliphatic heterocycles. The number of nitriles is 1. The van der Waals surface area contributed by atoms with Crippen molar-refractivity contribution < 1.29 is 4.79 Å². The first-order valence-corrected chi connectivity index (χ1v) is 14.6. The minimum absolute atomic E-state index is 0.238. The molecule has 1 aromatic carbocycles. The van der Waals surface area contributed by atoms with Crippen LogP contribution >= 0.6 is 11.6 Å². The summed E-state index contributed by atoms with van der Waals surface area (Å²) in [5.74, 6) is 2.50. The second kappa shape index (κ2) is 10.1. The molecule has 0 aromatic heterocycles. The highest BCUT2D eigenvalue weighted by Crippen LogP contribution is 2.53. The first-order valence-electron chi connectivity index (χ1n) is 14.2. The zero-order valence-electron chi connectivity index (χ0n) is 22.0. The van der Waals surface area contributed by atoms with Gasteiger partial charge in [-0.1, -0.05) is 24.4 Å². The van der Waals surface area contributed by atoms with Crippen molar-refractivity contribution in [1.29, 1.82) is 5.26 Å². The molecule has 0 bridgehead atoms. The average Bonchev–Trinajstić information content (AvgIpc) is 3.58. The SMILES string of the molecule is CN1CCN(C(=O)C2CC3(CCN(C4=NN(c5ccc(C#N)c(Cl)c5)[C@@H](C5CCCC5)C4)CC3)C2)CC1. The van der Waals surface area contributed by atoms with Crippen molar-refractivity contribution in [2.45, 2.75) is 63.8 Å². The van der Waals surface area contributed by atoms with E-state index in [4.69, 9.17) is 16.7 Å². The second-order valence-electron chi connectivity index (χ2n) is 12.2. The van der Waals surface area contributed by atoms with Crippen LogP contribution < -0.4 is 5.01 Å².